The monoisotopic (exact) mass is 414 g/mol. The first-order chi connectivity index (χ1) is 14.3. The van der Waals surface area contributed by atoms with Gasteiger partial charge in [-0.05, 0) is 78.3 Å². The zero-order valence-electron chi connectivity index (χ0n) is 19.3. The minimum Gasteiger partial charge on any atom is -0.465 e. The van der Waals surface area contributed by atoms with Crippen LogP contribution < -0.4 is 0 Å². The Morgan fingerprint density at radius 3 is 2.60 bits per heavy atom. The Morgan fingerprint density at radius 1 is 1.23 bits per heavy atom. The highest BCUT2D eigenvalue weighted by atomic mass is 16.5. The smallest absolute Gasteiger partial charge is 0.323 e. The molecule has 0 bridgehead atoms. The molecule has 0 aromatic heterocycles. The van der Waals surface area contributed by atoms with Gasteiger partial charge in [-0.25, -0.2) is 0 Å². The topological polar surface area (TPSA) is 49.9 Å². The zero-order valence-corrected chi connectivity index (χ0v) is 19.3. The lowest BCUT2D eigenvalue weighted by Crippen LogP contribution is -2.54. The highest BCUT2D eigenvalue weighted by molar-refractivity contribution is 5.84. The van der Waals surface area contributed by atoms with Crippen molar-refractivity contribution in [2.24, 2.45) is 5.92 Å². The van der Waals surface area contributed by atoms with Gasteiger partial charge in [-0.1, -0.05) is 36.2 Å². The van der Waals surface area contributed by atoms with Gasteiger partial charge in [-0.3, -0.25) is 14.5 Å². The van der Waals surface area contributed by atoms with Crippen LogP contribution >= 0.6 is 0 Å². The molecule has 0 N–H and O–H groups in total. The van der Waals surface area contributed by atoms with Crippen LogP contribution in [0.3, 0.4) is 0 Å². The van der Waals surface area contributed by atoms with Gasteiger partial charge in [-0.2, -0.15) is 0 Å². The second kappa shape index (κ2) is 9.95. The van der Waals surface area contributed by atoms with E-state index in [4.69, 9.17) is 4.74 Å². The summed E-state index contributed by atoms with van der Waals surface area (Å²) in [6.07, 6.45) is 6.11. The number of likely N-dealkylation sites (tertiary alicyclic amines) is 1. The molecule has 2 fully saturated rings. The van der Waals surface area contributed by atoms with E-state index >= 15 is 0 Å². The Hall–Kier alpha value is -1.88. The van der Waals surface area contributed by atoms with Crippen molar-refractivity contribution in [1.82, 2.24) is 9.80 Å². The Balaban J connectivity index is 1.70. The number of aryl methyl sites for hydroxylation is 2. The number of hydrogen-bond acceptors (Lipinski definition) is 4. The van der Waals surface area contributed by atoms with E-state index in [0.717, 1.165) is 19.3 Å². The average molecular weight is 415 g/mol. The number of rotatable bonds is 8. The molecule has 1 aliphatic heterocycles. The molecule has 5 heteroatoms. The first kappa shape index (κ1) is 22.8. The van der Waals surface area contributed by atoms with Gasteiger partial charge in [-0.15, -0.1) is 0 Å². The predicted octanol–water partition coefficient (Wildman–Crippen LogP) is 3.97. The molecule has 1 saturated carbocycles. The van der Waals surface area contributed by atoms with E-state index in [1.165, 1.54) is 24.0 Å². The van der Waals surface area contributed by atoms with E-state index < -0.39 is 6.04 Å². The fourth-order valence-corrected chi connectivity index (χ4v) is 5.36. The molecule has 1 heterocycles. The number of carbonyl (C=O) groups is 2. The lowest BCUT2D eigenvalue weighted by Gasteiger charge is -2.36. The van der Waals surface area contributed by atoms with Crippen LogP contribution in [0, 0.1) is 12.8 Å². The van der Waals surface area contributed by atoms with E-state index in [1.807, 2.05) is 25.8 Å². The summed E-state index contributed by atoms with van der Waals surface area (Å²) >= 11 is 0. The van der Waals surface area contributed by atoms with Crippen LogP contribution in [0.15, 0.2) is 24.3 Å². The minimum atomic E-state index is -0.428. The number of hydrogen-bond donors (Lipinski definition) is 0. The number of carbonyl (C=O) groups excluding carboxylic acids is 2. The van der Waals surface area contributed by atoms with E-state index in [0.29, 0.717) is 25.0 Å². The number of likely N-dealkylation sites (N-methyl/N-ethyl adjacent to an activating group) is 1. The molecule has 2 aliphatic rings. The maximum absolute atomic E-state index is 13.5. The van der Waals surface area contributed by atoms with Crippen molar-refractivity contribution in [3.63, 3.8) is 0 Å². The largest absolute Gasteiger partial charge is 0.465 e. The summed E-state index contributed by atoms with van der Waals surface area (Å²) in [5, 5.41) is 0. The molecule has 1 saturated heterocycles. The zero-order chi connectivity index (χ0) is 21.8. The minimum absolute atomic E-state index is 0.157. The summed E-state index contributed by atoms with van der Waals surface area (Å²) in [4.78, 5) is 30.3. The first-order valence-electron chi connectivity index (χ1n) is 11.6. The van der Waals surface area contributed by atoms with Gasteiger partial charge in [0.1, 0.15) is 6.04 Å². The van der Waals surface area contributed by atoms with E-state index in [9.17, 15) is 9.59 Å². The molecule has 166 valence electrons. The number of nitrogens with zero attached hydrogens (tertiary/aromatic N) is 2. The molecule has 5 nitrogen and oxygen atoms in total. The summed E-state index contributed by atoms with van der Waals surface area (Å²) in [5.74, 6) is 0.577. The van der Waals surface area contributed by atoms with Crippen LogP contribution in [-0.2, 0) is 20.7 Å². The third kappa shape index (κ3) is 4.88. The summed E-state index contributed by atoms with van der Waals surface area (Å²) in [6, 6.07) is 8.31. The first-order valence-corrected chi connectivity index (χ1v) is 11.6. The lowest BCUT2D eigenvalue weighted by atomic mass is 10.0. The summed E-state index contributed by atoms with van der Waals surface area (Å²) < 4.78 is 5.37. The van der Waals surface area contributed by atoms with Gasteiger partial charge in [0.05, 0.1) is 12.6 Å². The van der Waals surface area contributed by atoms with Crippen molar-refractivity contribution in [2.75, 3.05) is 13.7 Å². The summed E-state index contributed by atoms with van der Waals surface area (Å²) in [6.45, 7) is 8.36. The molecule has 5 atom stereocenters. The van der Waals surface area contributed by atoms with Gasteiger partial charge in [0, 0.05) is 12.1 Å². The SMILES string of the molecule is CCOC(=O)[C@H](CCc1ccc(C)cc1)N(C)[C@@H](C)C(=O)N1[C@H](C)C[C@@H]2CCC[C@@H]21. The number of ether oxygens (including phenoxy) is 1. The highest BCUT2D eigenvalue weighted by Crippen LogP contribution is 2.41. The molecule has 1 aromatic rings. The molecule has 1 amide bonds. The van der Waals surface area contributed by atoms with Gasteiger partial charge in [0.25, 0.3) is 0 Å². The normalized spacial score (nSPS) is 25.3. The fraction of sp³-hybridized carbons (Fsp3) is 0.680. The second-order valence-corrected chi connectivity index (χ2v) is 9.22. The van der Waals surface area contributed by atoms with Crippen LogP contribution in [0.25, 0.3) is 0 Å². The molecule has 30 heavy (non-hydrogen) atoms. The molecular weight excluding hydrogens is 376 g/mol. The average Bonchev–Trinajstić information content (AvgIpc) is 3.28. The molecule has 0 radical (unpaired) electrons. The molecule has 3 rings (SSSR count). The number of fused-ring (bicyclic) bond motifs is 1. The number of benzene rings is 1. The maximum atomic E-state index is 13.5. The molecular formula is C25H38N2O3. The van der Waals surface area contributed by atoms with Crippen LogP contribution in [0.5, 0.6) is 0 Å². The van der Waals surface area contributed by atoms with Gasteiger partial charge in [0.15, 0.2) is 0 Å². The van der Waals surface area contributed by atoms with Crippen molar-refractivity contribution < 1.29 is 14.3 Å². The Morgan fingerprint density at radius 2 is 1.93 bits per heavy atom. The van der Waals surface area contributed by atoms with Crippen molar-refractivity contribution >= 4 is 11.9 Å². The standard InChI is InChI=1S/C25H38N2O3/c1-6-30-25(29)23(15-14-20-12-10-17(2)11-13-20)26(5)19(4)24(28)27-18(3)16-21-8-7-9-22(21)27/h10-13,18-19,21-23H,6-9,14-16H2,1-5H3/t18-,19+,21+,22+,23+/m1/s1. The third-order valence-corrected chi connectivity index (χ3v) is 7.20. The van der Waals surface area contributed by atoms with Crippen LogP contribution in [-0.4, -0.2) is 59.5 Å². The van der Waals surface area contributed by atoms with E-state index in [-0.39, 0.29) is 24.0 Å². The molecule has 0 unspecified atom stereocenters. The van der Waals surface area contributed by atoms with Crippen molar-refractivity contribution in [3.8, 4) is 0 Å². The summed E-state index contributed by atoms with van der Waals surface area (Å²) in [5.41, 5.74) is 2.42. The van der Waals surface area contributed by atoms with Crippen molar-refractivity contribution in [3.05, 3.63) is 35.4 Å². The fourth-order valence-electron chi connectivity index (χ4n) is 5.36. The molecule has 1 aliphatic carbocycles. The van der Waals surface area contributed by atoms with Gasteiger partial charge in [0.2, 0.25) is 5.91 Å². The lowest BCUT2D eigenvalue weighted by molar-refractivity contribution is -0.152. The van der Waals surface area contributed by atoms with Crippen molar-refractivity contribution in [2.45, 2.75) is 90.4 Å². The number of amides is 1. The maximum Gasteiger partial charge on any atom is 0.323 e. The third-order valence-electron chi connectivity index (χ3n) is 7.20. The van der Waals surface area contributed by atoms with Gasteiger partial charge >= 0.3 is 5.97 Å². The Labute approximate surface area is 181 Å². The van der Waals surface area contributed by atoms with E-state index in [1.54, 1.807) is 0 Å². The predicted molar refractivity (Wildman–Crippen MR) is 119 cm³/mol. The van der Waals surface area contributed by atoms with Crippen LogP contribution in [0.2, 0.25) is 0 Å². The number of esters is 1. The Kier molecular flexibility index (Phi) is 7.56. The van der Waals surface area contributed by atoms with Crippen LogP contribution in [0.4, 0.5) is 0 Å². The Bertz CT molecular complexity index is 732. The van der Waals surface area contributed by atoms with Crippen molar-refractivity contribution in [1.29, 1.82) is 0 Å². The van der Waals surface area contributed by atoms with E-state index in [2.05, 4.69) is 43.0 Å². The highest BCUT2D eigenvalue weighted by Gasteiger charge is 2.46. The second-order valence-electron chi connectivity index (χ2n) is 9.22. The summed E-state index contributed by atoms with van der Waals surface area (Å²) in [7, 11) is 1.90. The molecule has 0 spiro atoms. The van der Waals surface area contributed by atoms with Crippen LogP contribution in [0.1, 0.15) is 64.0 Å². The molecule has 1 aromatic carbocycles. The van der Waals surface area contributed by atoms with Gasteiger partial charge < -0.3 is 9.64 Å². The quantitative estimate of drug-likeness (QED) is 0.604.